The molecule has 3 fully saturated rings. The normalized spacial score (nSPS) is 30.4. The second-order valence-corrected chi connectivity index (χ2v) is 12.4. The van der Waals surface area contributed by atoms with E-state index >= 15 is 0 Å². The Morgan fingerprint density at radius 3 is 2.63 bits per heavy atom. The van der Waals surface area contributed by atoms with E-state index in [4.69, 9.17) is 9.47 Å². The van der Waals surface area contributed by atoms with E-state index in [0.29, 0.717) is 32.4 Å². The van der Waals surface area contributed by atoms with Crippen molar-refractivity contribution in [3.8, 4) is 0 Å². The molecule has 0 aromatic heterocycles. The molecule has 9 heteroatoms. The van der Waals surface area contributed by atoms with Gasteiger partial charge in [0.1, 0.15) is 11.6 Å². The van der Waals surface area contributed by atoms with Crippen LogP contribution in [0.1, 0.15) is 65.7 Å². The van der Waals surface area contributed by atoms with Gasteiger partial charge in [0.2, 0.25) is 11.8 Å². The van der Waals surface area contributed by atoms with E-state index in [-0.39, 0.29) is 35.8 Å². The van der Waals surface area contributed by atoms with Crippen LogP contribution in [0.25, 0.3) is 0 Å². The number of unbranched alkanes of at least 4 members (excludes halogenated alkanes) is 3. The van der Waals surface area contributed by atoms with Gasteiger partial charge in [-0.2, -0.15) is 0 Å². The lowest BCUT2D eigenvalue weighted by molar-refractivity contribution is -0.156. The number of aliphatic hydroxyl groups is 1. The van der Waals surface area contributed by atoms with Gasteiger partial charge in [-0.05, 0) is 38.0 Å². The Morgan fingerprint density at radius 1 is 1.29 bits per heavy atom. The molecule has 2 amide bonds. The van der Waals surface area contributed by atoms with Crippen molar-refractivity contribution in [3.05, 3.63) is 25.3 Å². The molecule has 1 N–H and O–H groups in total. The molecule has 0 aromatic carbocycles. The average molecular weight is 598 g/mol. The second-order valence-electron chi connectivity index (χ2n) is 11.3. The molecule has 0 aliphatic carbocycles. The van der Waals surface area contributed by atoms with Gasteiger partial charge in [-0.15, -0.1) is 13.2 Å². The first kappa shape index (κ1) is 30.8. The summed E-state index contributed by atoms with van der Waals surface area (Å²) in [5.74, 6) is -2.42. The Bertz CT molecular complexity index is 881. The molecule has 3 heterocycles. The molecule has 214 valence electrons. The van der Waals surface area contributed by atoms with Gasteiger partial charge in [0.05, 0.1) is 37.2 Å². The molecule has 8 nitrogen and oxygen atoms in total. The standard InChI is InChI=1S/C29H45BrN2O6/c1-6-9-11-14-31(13-8-3)27(35)25-29-17-21(30)24(38-29)22(28(36)37-15-12-10-7-2)23(29)26(34)32(25)20(18-33)16-19(4)5/h7-8,19-25,33H,2-3,6,9-18H2,1,4-5H3/t20-,21?,22+,23+,24+,25?,29?/m1/s1. The molecule has 2 bridgehead atoms. The van der Waals surface area contributed by atoms with Crippen LogP contribution in [0.15, 0.2) is 25.3 Å². The minimum atomic E-state index is -1.16. The lowest BCUT2D eigenvalue weighted by atomic mass is 9.70. The monoisotopic (exact) mass is 596 g/mol. The molecule has 3 saturated heterocycles. The number of amides is 2. The van der Waals surface area contributed by atoms with Crippen LogP contribution in [0.3, 0.4) is 0 Å². The third kappa shape index (κ3) is 5.89. The summed E-state index contributed by atoms with van der Waals surface area (Å²) in [6.07, 6.45) is 8.08. The predicted octanol–water partition coefficient (Wildman–Crippen LogP) is 3.86. The number of ether oxygens (including phenoxy) is 2. The molecule has 38 heavy (non-hydrogen) atoms. The summed E-state index contributed by atoms with van der Waals surface area (Å²) >= 11 is 3.69. The van der Waals surface area contributed by atoms with Gasteiger partial charge >= 0.3 is 5.97 Å². The number of nitrogens with zero attached hydrogens (tertiary/aromatic N) is 2. The van der Waals surface area contributed by atoms with Crippen LogP contribution in [0.5, 0.6) is 0 Å². The van der Waals surface area contributed by atoms with Gasteiger partial charge < -0.3 is 24.4 Å². The minimum Gasteiger partial charge on any atom is -0.465 e. The number of esters is 1. The maximum Gasteiger partial charge on any atom is 0.312 e. The number of alkyl halides is 1. The number of allylic oxidation sites excluding steroid dienone is 1. The fourth-order valence-electron chi connectivity index (χ4n) is 6.50. The molecule has 0 aromatic rings. The lowest BCUT2D eigenvalue weighted by Gasteiger charge is -2.39. The van der Waals surface area contributed by atoms with Gasteiger partial charge in [-0.25, -0.2) is 0 Å². The van der Waals surface area contributed by atoms with Gasteiger partial charge in [0, 0.05) is 17.9 Å². The first-order chi connectivity index (χ1) is 18.2. The topological polar surface area (TPSA) is 96.4 Å². The van der Waals surface area contributed by atoms with Crippen molar-refractivity contribution in [2.75, 3.05) is 26.3 Å². The lowest BCUT2D eigenvalue weighted by Crippen LogP contribution is -2.59. The molecular formula is C29H45BrN2O6. The van der Waals surface area contributed by atoms with Gasteiger partial charge in [-0.3, -0.25) is 14.4 Å². The van der Waals surface area contributed by atoms with E-state index in [2.05, 4.69) is 36.0 Å². The summed E-state index contributed by atoms with van der Waals surface area (Å²) in [4.78, 5) is 45.0. The first-order valence-electron chi connectivity index (χ1n) is 14.1. The molecule has 0 saturated carbocycles. The number of rotatable bonds is 16. The number of likely N-dealkylation sites (tertiary alicyclic amines) is 1. The smallest absolute Gasteiger partial charge is 0.312 e. The molecular weight excluding hydrogens is 552 g/mol. The Hall–Kier alpha value is -1.71. The summed E-state index contributed by atoms with van der Waals surface area (Å²) < 4.78 is 12.2. The van der Waals surface area contributed by atoms with Crippen molar-refractivity contribution in [1.29, 1.82) is 0 Å². The van der Waals surface area contributed by atoms with Gasteiger partial charge in [-0.1, -0.05) is 61.7 Å². The van der Waals surface area contributed by atoms with Crippen molar-refractivity contribution in [1.82, 2.24) is 9.80 Å². The van der Waals surface area contributed by atoms with Crippen LogP contribution >= 0.6 is 15.9 Å². The van der Waals surface area contributed by atoms with E-state index in [1.807, 2.05) is 13.8 Å². The molecule has 3 aliphatic rings. The average Bonchev–Trinajstić information content (AvgIpc) is 3.47. The maximum absolute atomic E-state index is 14.3. The number of hydrogen-bond donors (Lipinski definition) is 1. The van der Waals surface area contributed by atoms with Crippen molar-refractivity contribution < 1.29 is 29.0 Å². The van der Waals surface area contributed by atoms with Gasteiger partial charge in [0.15, 0.2) is 0 Å². The summed E-state index contributed by atoms with van der Waals surface area (Å²) in [5.41, 5.74) is -1.16. The molecule has 3 aliphatic heterocycles. The van der Waals surface area contributed by atoms with Crippen LogP contribution in [-0.4, -0.2) is 87.6 Å². The van der Waals surface area contributed by atoms with Crippen LogP contribution in [0, 0.1) is 17.8 Å². The number of fused-ring (bicyclic) bond motifs is 1. The highest BCUT2D eigenvalue weighted by Crippen LogP contribution is 2.60. The van der Waals surface area contributed by atoms with Crippen LogP contribution < -0.4 is 0 Å². The van der Waals surface area contributed by atoms with Crippen molar-refractivity contribution in [3.63, 3.8) is 0 Å². The van der Waals surface area contributed by atoms with Crippen molar-refractivity contribution >= 4 is 33.7 Å². The van der Waals surface area contributed by atoms with E-state index in [9.17, 15) is 19.5 Å². The van der Waals surface area contributed by atoms with Gasteiger partial charge in [0.25, 0.3) is 0 Å². The summed E-state index contributed by atoms with van der Waals surface area (Å²) in [6.45, 7) is 14.6. The highest BCUT2D eigenvalue weighted by Gasteiger charge is 2.77. The number of carbonyl (C=O) groups excluding carboxylic acids is 3. The number of hydrogen-bond acceptors (Lipinski definition) is 6. The third-order valence-corrected chi connectivity index (χ3v) is 8.92. The summed E-state index contributed by atoms with van der Waals surface area (Å²) in [6, 6.07) is -1.49. The highest BCUT2D eigenvalue weighted by atomic mass is 79.9. The Labute approximate surface area is 235 Å². The molecule has 1 spiro atoms. The number of halogens is 1. The summed E-state index contributed by atoms with van der Waals surface area (Å²) in [5, 5.41) is 10.4. The zero-order valence-electron chi connectivity index (χ0n) is 23.1. The highest BCUT2D eigenvalue weighted by molar-refractivity contribution is 9.09. The molecule has 3 unspecified atom stereocenters. The zero-order chi connectivity index (χ0) is 28.0. The molecule has 3 rings (SSSR count). The van der Waals surface area contributed by atoms with Crippen LogP contribution in [-0.2, 0) is 23.9 Å². The predicted molar refractivity (Wildman–Crippen MR) is 150 cm³/mol. The van der Waals surface area contributed by atoms with Crippen LogP contribution in [0.4, 0.5) is 0 Å². The van der Waals surface area contributed by atoms with Crippen LogP contribution in [0.2, 0.25) is 0 Å². The second kappa shape index (κ2) is 13.6. The van der Waals surface area contributed by atoms with E-state index in [1.54, 1.807) is 22.0 Å². The third-order valence-electron chi connectivity index (χ3n) is 8.07. The summed E-state index contributed by atoms with van der Waals surface area (Å²) in [7, 11) is 0. The Balaban J connectivity index is 2.02. The first-order valence-corrected chi connectivity index (χ1v) is 15.0. The van der Waals surface area contributed by atoms with E-state index in [0.717, 1.165) is 25.7 Å². The minimum absolute atomic E-state index is 0.189. The Morgan fingerprint density at radius 2 is 2.03 bits per heavy atom. The fraction of sp³-hybridized carbons (Fsp3) is 0.759. The quantitative estimate of drug-likeness (QED) is 0.126. The largest absolute Gasteiger partial charge is 0.465 e. The maximum atomic E-state index is 14.3. The number of aliphatic hydroxyl groups excluding tert-OH is 1. The zero-order valence-corrected chi connectivity index (χ0v) is 24.7. The Kier molecular flexibility index (Phi) is 11.0. The van der Waals surface area contributed by atoms with Crippen molar-refractivity contribution in [2.24, 2.45) is 17.8 Å². The van der Waals surface area contributed by atoms with Crippen molar-refractivity contribution in [2.45, 2.75) is 94.3 Å². The van der Waals surface area contributed by atoms with E-state index < -0.39 is 41.6 Å². The van der Waals surface area contributed by atoms with E-state index in [1.165, 1.54) is 0 Å². The fourth-order valence-corrected chi connectivity index (χ4v) is 7.44. The molecule has 0 radical (unpaired) electrons. The number of carbonyl (C=O) groups is 3. The molecule has 7 atom stereocenters. The SMILES string of the molecule is C=CCCCOC(=O)[C@H]1[C@H]2C(=O)N([C@@H](CO)CC(C)C)C(C(=O)N(CC=C)CCCCC)C23CC(Br)[C@@H]1O3.